The first-order valence-electron chi connectivity index (χ1n) is 1.97. The number of hydrazine groups is 2. The third-order valence-electron chi connectivity index (χ3n) is 0.473. The summed E-state index contributed by atoms with van der Waals surface area (Å²) >= 11 is 0. The Kier molecular flexibility index (Phi) is 5.63. The molecule has 5 heteroatoms. The molecule has 0 aliphatic carbocycles. The van der Waals surface area contributed by atoms with E-state index in [0.29, 0.717) is 13.1 Å². The van der Waals surface area contributed by atoms with Gasteiger partial charge in [0.05, 0.1) is 0 Å². The Morgan fingerprint density at radius 1 is 1.43 bits per heavy atom. The molecule has 0 aliphatic rings. The van der Waals surface area contributed by atoms with Crippen molar-refractivity contribution in [3.8, 4) is 0 Å². The lowest BCUT2D eigenvalue weighted by Gasteiger charge is -1.97. The van der Waals surface area contributed by atoms with Gasteiger partial charge in [-0.2, -0.15) is 0 Å². The highest BCUT2D eigenvalue weighted by Crippen LogP contribution is 1.43. The smallest absolute Gasteiger partial charge is 0.0261 e. The van der Waals surface area contributed by atoms with Gasteiger partial charge in [-0.1, -0.05) is 0 Å². The van der Waals surface area contributed by atoms with Crippen LogP contribution in [0.5, 0.6) is 0 Å². The van der Waals surface area contributed by atoms with Crippen molar-refractivity contribution in [2.75, 3.05) is 13.1 Å². The third-order valence-corrected chi connectivity index (χ3v) is 0.473. The average molecular weight is 106 g/mol. The minimum Gasteiger partial charge on any atom is -0.302 e. The minimum absolute atomic E-state index is 0.590. The van der Waals surface area contributed by atoms with Gasteiger partial charge in [-0.25, -0.2) is 5.43 Å². The van der Waals surface area contributed by atoms with Crippen molar-refractivity contribution in [3.63, 3.8) is 0 Å². The van der Waals surface area contributed by atoms with E-state index < -0.39 is 0 Å². The Labute approximate surface area is 41.8 Å². The summed E-state index contributed by atoms with van der Waals surface area (Å²) in [5, 5.41) is 7.86. The van der Waals surface area contributed by atoms with Crippen LogP contribution >= 0.6 is 0 Å². The zero-order chi connectivity index (χ0) is 5.54. The van der Waals surface area contributed by atoms with E-state index in [0.717, 1.165) is 0 Å². The topological polar surface area (TPSA) is 82.3 Å². The summed E-state index contributed by atoms with van der Waals surface area (Å²) in [5.41, 5.74) is 6.56. The molecule has 0 aromatic heterocycles. The van der Waals surface area contributed by atoms with Crippen LogP contribution in [0.4, 0.5) is 0 Å². The van der Waals surface area contributed by atoms with Crippen molar-refractivity contribution in [2.24, 2.45) is 5.84 Å². The van der Waals surface area contributed by atoms with Crippen LogP contribution < -0.4 is 22.3 Å². The van der Waals surface area contributed by atoms with Crippen molar-refractivity contribution >= 4 is 0 Å². The highest BCUT2D eigenvalue weighted by atomic mass is 16.5. The van der Waals surface area contributed by atoms with Gasteiger partial charge in [-0.05, 0) is 0 Å². The number of nitrogens with two attached hydrogens (primary N) is 1. The Balaban J connectivity index is 2.45. The van der Waals surface area contributed by atoms with Crippen LogP contribution in [0.15, 0.2) is 0 Å². The maximum Gasteiger partial charge on any atom is 0.0261 e. The molecule has 44 valence electrons. The number of hydrogen-bond acceptors (Lipinski definition) is 5. The van der Waals surface area contributed by atoms with Crippen LogP contribution in [0, 0.1) is 0 Å². The fourth-order valence-corrected chi connectivity index (χ4v) is 0.191. The molecular formula is C2H10N4O. The largest absolute Gasteiger partial charge is 0.302 e. The van der Waals surface area contributed by atoms with E-state index >= 15 is 0 Å². The van der Waals surface area contributed by atoms with Gasteiger partial charge in [0, 0.05) is 13.1 Å². The lowest BCUT2D eigenvalue weighted by Crippen LogP contribution is -2.37. The molecular weight excluding hydrogens is 96.0 g/mol. The normalized spacial score (nSPS) is 9.43. The molecule has 0 aromatic carbocycles. The molecule has 0 bridgehead atoms. The van der Waals surface area contributed by atoms with Crippen molar-refractivity contribution in [1.82, 2.24) is 16.4 Å². The van der Waals surface area contributed by atoms with Gasteiger partial charge in [0.25, 0.3) is 0 Å². The quantitative estimate of drug-likeness (QED) is 0.162. The van der Waals surface area contributed by atoms with Crippen LogP contribution in [0.1, 0.15) is 0 Å². The third kappa shape index (κ3) is 5.80. The fraction of sp³-hybridized carbons (Fsp3) is 1.00. The molecule has 0 atom stereocenters. The summed E-state index contributed by atoms with van der Waals surface area (Å²) in [6.45, 7) is 1.21. The van der Waals surface area contributed by atoms with Gasteiger partial charge < -0.3 is 5.21 Å². The molecule has 0 spiro atoms. The molecule has 0 radical (unpaired) electrons. The van der Waals surface area contributed by atoms with Gasteiger partial charge >= 0.3 is 0 Å². The highest BCUT2D eigenvalue weighted by molar-refractivity contribution is 4.35. The van der Waals surface area contributed by atoms with E-state index in [1.807, 2.05) is 0 Å². The predicted octanol–water partition coefficient (Wildman–Crippen LogP) is -2.07. The molecule has 0 saturated heterocycles. The number of hydrogen-bond donors (Lipinski definition) is 5. The molecule has 0 amide bonds. The summed E-state index contributed by atoms with van der Waals surface area (Å²) in [7, 11) is 0. The van der Waals surface area contributed by atoms with Crippen molar-refractivity contribution in [1.29, 1.82) is 0 Å². The van der Waals surface area contributed by atoms with Gasteiger partial charge in [0.1, 0.15) is 0 Å². The second-order valence-corrected chi connectivity index (χ2v) is 0.993. The van der Waals surface area contributed by atoms with Gasteiger partial charge in [-0.15, -0.1) is 5.59 Å². The van der Waals surface area contributed by atoms with E-state index in [1.54, 1.807) is 5.59 Å². The first kappa shape index (κ1) is 6.80. The molecule has 0 aliphatic heterocycles. The van der Waals surface area contributed by atoms with Crippen LogP contribution in [-0.2, 0) is 0 Å². The molecule has 0 saturated carbocycles. The Hall–Kier alpha value is -0.200. The molecule has 0 rings (SSSR count). The minimum atomic E-state index is 0.590. The van der Waals surface area contributed by atoms with E-state index in [2.05, 4.69) is 10.9 Å². The second kappa shape index (κ2) is 5.80. The summed E-state index contributed by atoms with van der Waals surface area (Å²) in [5.74, 6) is 4.87. The van der Waals surface area contributed by atoms with Gasteiger partial charge in [0.15, 0.2) is 0 Å². The van der Waals surface area contributed by atoms with Crippen molar-refractivity contribution in [2.45, 2.75) is 0 Å². The Morgan fingerprint density at radius 2 is 2.14 bits per heavy atom. The molecule has 5 nitrogen and oxygen atoms in total. The van der Waals surface area contributed by atoms with Crippen LogP contribution in [0.2, 0.25) is 0 Å². The summed E-state index contributed by atoms with van der Waals surface area (Å²) in [4.78, 5) is 0. The van der Waals surface area contributed by atoms with E-state index in [-0.39, 0.29) is 0 Å². The maximum atomic E-state index is 7.86. The first-order valence-corrected chi connectivity index (χ1v) is 1.97. The van der Waals surface area contributed by atoms with Crippen LogP contribution in [0.3, 0.4) is 0 Å². The Morgan fingerprint density at radius 3 is 2.57 bits per heavy atom. The predicted molar refractivity (Wildman–Crippen MR) is 25.1 cm³/mol. The van der Waals surface area contributed by atoms with Gasteiger partial charge in [0.2, 0.25) is 0 Å². The van der Waals surface area contributed by atoms with Crippen molar-refractivity contribution < 1.29 is 5.21 Å². The number of rotatable bonds is 4. The molecule has 0 heterocycles. The number of nitrogens with one attached hydrogen (secondary N) is 3. The second-order valence-electron chi connectivity index (χ2n) is 0.993. The van der Waals surface area contributed by atoms with E-state index in [1.165, 1.54) is 0 Å². The monoisotopic (exact) mass is 106 g/mol. The van der Waals surface area contributed by atoms with Gasteiger partial charge in [-0.3, -0.25) is 11.3 Å². The average Bonchev–Trinajstić information content (AvgIpc) is 1.69. The lowest BCUT2D eigenvalue weighted by molar-refractivity contribution is 0.121. The SMILES string of the molecule is NNCCNNO. The standard InChI is InChI=1S/C2H10N4O/c3-4-1-2-5-6-7/h4-7H,1-3H2. The van der Waals surface area contributed by atoms with Crippen molar-refractivity contribution in [3.05, 3.63) is 0 Å². The first-order chi connectivity index (χ1) is 3.41. The lowest BCUT2D eigenvalue weighted by atomic mass is 10.7. The molecule has 0 unspecified atom stereocenters. The Bertz CT molecular complexity index is 28.9. The van der Waals surface area contributed by atoms with E-state index in [4.69, 9.17) is 11.0 Å². The molecule has 6 N–H and O–H groups in total. The van der Waals surface area contributed by atoms with Crippen LogP contribution in [-0.4, -0.2) is 18.3 Å². The summed E-state index contributed by atoms with van der Waals surface area (Å²) in [6.07, 6.45) is 0. The molecule has 0 fully saturated rings. The zero-order valence-electron chi connectivity index (χ0n) is 3.94. The molecule has 0 aromatic rings. The molecule has 7 heavy (non-hydrogen) atoms. The highest BCUT2D eigenvalue weighted by Gasteiger charge is 1.75. The summed E-state index contributed by atoms with van der Waals surface area (Å²) < 4.78 is 0. The zero-order valence-corrected chi connectivity index (χ0v) is 3.94. The fourth-order valence-electron chi connectivity index (χ4n) is 0.191. The maximum absolute atomic E-state index is 7.86. The van der Waals surface area contributed by atoms with Crippen LogP contribution in [0.25, 0.3) is 0 Å². The van der Waals surface area contributed by atoms with E-state index in [9.17, 15) is 0 Å². The summed E-state index contributed by atoms with van der Waals surface area (Å²) in [6, 6.07) is 0.